The largest absolute Gasteiger partial charge is 0.330 e. The highest BCUT2D eigenvalue weighted by Gasteiger charge is 2.23. The molecule has 0 amide bonds. The molecule has 0 aliphatic heterocycles. The van der Waals surface area contributed by atoms with Gasteiger partial charge in [-0.25, -0.2) is 0 Å². The van der Waals surface area contributed by atoms with Crippen LogP contribution in [0.25, 0.3) is 0 Å². The minimum Gasteiger partial charge on any atom is -0.330 e. The van der Waals surface area contributed by atoms with E-state index in [0.717, 1.165) is 0 Å². The van der Waals surface area contributed by atoms with Gasteiger partial charge in [-0.2, -0.15) is 0 Å². The maximum absolute atomic E-state index is 5.74. The van der Waals surface area contributed by atoms with Gasteiger partial charge in [0.1, 0.15) is 0 Å². The maximum atomic E-state index is 5.74. The number of thiophene rings is 1. The molecule has 2 unspecified atom stereocenters. The molecule has 2 nitrogen and oxygen atoms in total. The average Bonchev–Trinajstić information content (AvgIpc) is 2.65. The fraction of sp³-hybridized carbons (Fsp3) is 0.667. The molecule has 0 saturated heterocycles. The fourth-order valence-corrected chi connectivity index (χ4v) is 3.13. The van der Waals surface area contributed by atoms with E-state index in [1.807, 2.05) is 11.3 Å². The van der Waals surface area contributed by atoms with Crippen LogP contribution in [-0.2, 0) is 0 Å². The Morgan fingerprint density at radius 1 is 1.27 bits per heavy atom. The van der Waals surface area contributed by atoms with Gasteiger partial charge in [0, 0.05) is 4.88 Å². The predicted molar refractivity (Wildman–Crippen MR) is 68.2 cm³/mol. The first-order chi connectivity index (χ1) is 7.11. The fourth-order valence-electron chi connectivity index (χ4n) is 2.02. The molecule has 1 rings (SSSR count). The van der Waals surface area contributed by atoms with E-state index < -0.39 is 0 Å². The lowest BCUT2D eigenvalue weighted by atomic mass is 9.82. The summed E-state index contributed by atoms with van der Waals surface area (Å²) >= 11 is 1.84. The molecule has 0 aliphatic rings. The topological polar surface area (TPSA) is 52.0 Å². The average molecular weight is 226 g/mol. The summed E-state index contributed by atoms with van der Waals surface area (Å²) in [6.45, 7) is 8.09. The molecule has 1 aromatic heterocycles. The van der Waals surface area contributed by atoms with Gasteiger partial charge in [-0.3, -0.25) is 0 Å². The Bertz CT molecular complexity index is 292. The predicted octanol–water partition coefficient (Wildman–Crippen LogP) is 2.33. The second-order valence-electron chi connectivity index (χ2n) is 4.35. The summed E-state index contributed by atoms with van der Waals surface area (Å²) in [6.07, 6.45) is 0. The van der Waals surface area contributed by atoms with Crippen molar-refractivity contribution in [1.82, 2.24) is 0 Å². The van der Waals surface area contributed by atoms with Crippen molar-refractivity contribution in [3.05, 3.63) is 21.9 Å². The van der Waals surface area contributed by atoms with Gasteiger partial charge in [-0.05, 0) is 54.8 Å². The molecule has 86 valence electrons. The van der Waals surface area contributed by atoms with Crippen LogP contribution < -0.4 is 11.5 Å². The monoisotopic (exact) mass is 226 g/mol. The van der Waals surface area contributed by atoms with Crippen LogP contribution in [0.3, 0.4) is 0 Å². The first-order valence-corrected chi connectivity index (χ1v) is 6.43. The summed E-state index contributed by atoms with van der Waals surface area (Å²) in [5, 5.41) is 2.16. The van der Waals surface area contributed by atoms with E-state index in [1.165, 1.54) is 10.4 Å². The number of hydrogen-bond acceptors (Lipinski definition) is 3. The molecule has 1 aromatic rings. The molecule has 0 aliphatic carbocycles. The van der Waals surface area contributed by atoms with Gasteiger partial charge in [0.05, 0.1) is 0 Å². The van der Waals surface area contributed by atoms with Crippen LogP contribution in [0.4, 0.5) is 0 Å². The van der Waals surface area contributed by atoms with Crippen molar-refractivity contribution in [2.75, 3.05) is 13.1 Å². The van der Waals surface area contributed by atoms with Gasteiger partial charge >= 0.3 is 0 Å². The second-order valence-corrected chi connectivity index (χ2v) is 5.29. The summed E-state index contributed by atoms with van der Waals surface area (Å²) in [5.41, 5.74) is 12.9. The van der Waals surface area contributed by atoms with E-state index in [4.69, 9.17) is 11.5 Å². The van der Waals surface area contributed by atoms with Gasteiger partial charge < -0.3 is 11.5 Å². The van der Waals surface area contributed by atoms with Crippen LogP contribution in [-0.4, -0.2) is 13.1 Å². The van der Waals surface area contributed by atoms with Gasteiger partial charge in [0.25, 0.3) is 0 Å². The van der Waals surface area contributed by atoms with Crippen LogP contribution in [0.5, 0.6) is 0 Å². The highest BCUT2D eigenvalue weighted by atomic mass is 32.1. The Morgan fingerprint density at radius 2 is 1.87 bits per heavy atom. The minimum absolute atomic E-state index is 0.432. The summed E-state index contributed by atoms with van der Waals surface area (Å²) in [6, 6.07) is 2.18. The van der Waals surface area contributed by atoms with Crippen molar-refractivity contribution >= 4 is 11.3 Å². The highest BCUT2D eigenvalue weighted by Crippen LogP contribution is 2.34. The first kappa shape index (κ1) is 12.7. The van der Waals surface area contributed by atoms with Gasteiger partial charge in [0.2, 0.25) is 0 Å². The van der Waals surface area contributed by atoms with E-state index in [9.17, 15) is 0 Å². The van der Waals surface area contributed by atoms with Gasteiger partial charge in [-0.15, -0.1) is 11.3 Å². The van der Waals surface area contributed by atoms with Crippen molar-refractivity contribution in [2.45, 2.75) is 26.7 Å². The van der Waals surface area contributed by atoms with Crippen LogP contribution in [0, 0.1) is 18.8 Å². The molecular formula is C12H22N2S. The van der Waals surface area contributed by atoms with Crippen molar-refractivity contribution in [3.63, 3.8) is 0 Å². The Balaban J connectivity index is 2.76. The molecule has 0 aromatic carbocycles. The quantitative estimate of drug-likeness (QED) is 0.809. The molecule has 0 radical (unpaired) electrons. The van der Waals surface area contributed by atoms with E-state index >= 15 is 0 Å². The summed E-state index contributed by atoms with van der Waals surface area (Å²) in [7, 11) is 0. The number of hydrogen-bond donors (Lipinski definition) is 2. The van der Waals surface area contributed by atoms with Crippen molar-refractivity contribution < 1.29 is 0 Å². The number of nitrogens with two attached hydrogens (primary N) is 2. The summed E-state index contributed by atoms with van der Waals surface area (Å²) < 4.78 is 0. The molecular weight excluding hydrogens is 204 g/mol. The van der Waals surface area contributed by atoms with Crippen LogP contribution in [0.1, 0.15) is 30.2 Å². The van der Waals surface area contributed by atoms with Gasteiger partial charge in [0.15, 0.2) is 0 Å². The molecule has 2 atom stereocenters. The SMILES string of the molecule is Cc1ccsc1C(C)C(C)C(CN)CN. The molecule has 4 N–H and O–H groups in total. The third-order valence-electron chi connectivity index (χ3n) is 3.45. The lowest BCUT2D eigenvalue weighted by molar-refractivity contribution is 0.330. The molecule has 1 heterocycles. The molecule has 0 saturated carbocycles. The van der Waals surface area contributed by atoms with Crippen LogP contribution >= 0.6 is 11.3 Å². The third kappa shape index (κ3) is 2.80. The Kier molecular flexibility index (Phi) is 4.77. The highest BCUT2D eigenvalue weighted by molar-refractivity contribution is 7.10. The van der Waals surface area contributed by atoms with Gasteiger partial charge in [-0.1, -0.05) is 13.8 Å². The standard InChI is InChI=1S/C12H22N2S/c1-8-4-5-15-12(8)10(3)9(2)11(6-13)7-14/h4-5,9-11H,6-7,13-14H2,1-3H3. The molecule has 0 fully saturated rings. The normalized spacial score (nSPS) is 15.6. The summed E-state index contributed by atoms with van der Waals surface area (Å²) in [5.74, 6) is 1.54. The maximum Gasteiger partial charge on any atom is 0.0105 e. The van der Waals surface area contributed by atoms with Crippen LogP contribution in [0.15, 0.2) is 11.4 Å². The zero-order valence-corrected chi connectivity index (χ0v) is 10.7. The zero-order valence-electron chi connectivity index (χ0n) is 9.86. The summed E-state index contributed by atoms with van der Waals surface area (Å²) in [4.78, 5) is 1.48. The van der Waals surface area contributed by atoms with Crippen molar-refractivity contribution in [2.24, 2.45) is 23.3 Å². The minimum atomic E-state index is 0.432. The lowest BCUT2D eigenvalue weighted by Crippen LogP contribution is -2.31. The molecule has 0 spiro atoms. The Morgan fingerprint density at radius 3 is 2.27 bits per heavy atom. The van der Waals surface area contributed by atoms with E-state index in [-0.39, 0.29) is 0 Å². The number of aryl methyl sites for hydroxylation is 1. The van der Waals surface area contributed by atoms with Crippen molar-refractivity contribution in [3.8, 4) is 0 Å². The first-order valence-electron chi connectivity index (χ1n) is 5.55. The molecule has 3 heteroatoms. The Labute approximate surface area is 96.7 Å². The lowest BCUT2D eigenvalue weighted by Gasteiger charge is -2.26. The Hall–Kier alpha value is -0.380. The molecule has 15 heavy (non-hydrogen) atoms. The zero-order chi connectivity index (χ0) is 11.4. The second kappa shape index (κ2) is 5.64. The third-order valence-corrected chi connectivity index (χ3v) is 4.67. The van der Waals surface area contributed by atoms with E-state index in [2.05, 4.69) is 32.2 Å². The van der Waals surface area contributed by atoms with E-state index in [1.54, 1.807) is 0 Å². The van der Waals surface area contributed by atoms with Crippen molar-refractivity contribution in [1.29, 1.82) is 0 Å². The molecule has 0 bridgehead atoms. The number of rotatable bonds is 5. The van der Waals surface area contributed by atoms with E-state index in [0.29, 0.717) is 30.8 Å². The smallest absolute Gasteiger partial charge is 0.0105 e. The van der Waals surface area contributed by atoms with Crippen LogP contribution in [0.2, 0.25) is 0 Å².